The van der Waals surface area contributed by atoms with Crippen LogP contribution in [0.15, 0.2) is 35.2 Å². The molecule has 1 N–H and O–H groups in total. The maximum absolute atomic E-state index is 12.7. The van der Waals surface area contributed by atoms with E-state index in [1.54, 1.807) is 6.07 Å². The van der Waals surface area contributed by atoms with Gasteiger partial charge in [-0.1, -0.05) is 0 Å². The minimum Gasteiger partial charge on any atom is -0.497 e. The van der Waals surface area contributed by atoms with Gasteiger partial charge in [-0.3, -0.25) is 4.72 Å². The third-order valence-corrected chi connectivity index (χ3v) is 4.53. The average Bonchev–Trinajstić information content (AvgIpc) is 2.61. The molecule has 0 fully saturated rings. The van der Waals surface area contributed by atoms with Gasteiger partial charge in [-0.15, -0.1) is 0 Å². The van der Waals surface area contributed by atoms with Gasteiger partial charge < -0.3 is 18.9 Å². The van der Waals surface area contributed by atoms with Crippen LogP contribution in [0.2, 0.25) is 0 Å². The first-order chi connectivity index (χ1) is 11.4. The highest BCUT2D eigenvalue weighted by atomic mass is 32.2. The average molecular weight is 354 g/mol. The molecule has 0 radical (unpaired) electrons. The topological polar surface area (TPSA) is 96.0 Å². The molecule has 0 amide bonds. The van der Waals surface area contributed by atoms with Crippen molar-refractivity contribution in [2.24, 2.45) is 0 Å². The number of pyridine rings is 1. The summed E-state index contributed by atoms with van der Waals surface area (Å²) in [7, 11) is 1.71. The number of sulfonamides is 1. The fourth-order valence-corrected chi connectivity index (χ4v) is 3.21. The zero-order valence-corrected chi connectivity index (χ0v) is 14.5. The lowest BCUT2D eigenvalue weighted by Crippen LogP contribution is -2.15. The van der Waals surface area contributed by atoms with E-state index in [0.717, 1.165) is 0 Å². The van der Waals surface area contributed by atoms with Crippen LogP contribution in [0.5, 0.6) is 23.3 Å². The molecule has 0 aliphatic carbocycles. The highest BCUT2D eigenvalue weighted by molar-refractivity contribution is 7.92. The number of benzene rings is 1. The van der Waals surface area contributed by atoms with Crippen molar-refractivity contribution in [3.63, 3.8) is 0 Å². The summed E-state index contributed by atoms with van der Waals surface area (Å²) in [6.07, 6.45) is 0. The zero-order valence-electron chi connectivity index (χ0n) is 13.7. The first-order valence-electron chi connectivity index (χ1n) is 6.79. The minimum absolute atomic E-state index is 0.0674. The normalized spacial score (nSPS) is 10.8. The van der Waals surface area contributed by atoms with Gasteiger partial charge in [0.25, 0.3) is 10.0 Å². The van der Waals surface area contributed by atoms with Gasteiger partial charge in [-0.25, -0.2) is 8.42 Å². The summed E-state index contributed by atoms with van der Waals surface area (Å²) >= 11 is 0. The Morgan fingerprint density at radius 2 is 1.67 bits per heavy atom. The Bertz CT molecular complexity index is 823. The third-order valence-electron chi connectivity index (χ3n) is 3.14. The quantitative estimate of drug-likeness (QED) is 0.811. The lowest BCUT2D eigenvalue weighted by Gasteiger charge is -2.14. The molecule has 0 aliphatic heterocycles. The molecule has 8 nitrogen and oxygen atoms in total. The van der Waals surface area contributed by atoms with E-state index in [0.29, 0.717) is 11.6 Å². The van der Waals surface area contributed by atoms with Crippen LogP contribution >= 0.6 is 0 Å². The Hall–Kier alpha value is -2.68. The fraction of sp³-hybridized carbons (Fsp3) is 0.267. The van der Waals surface area contributed by atoms with Crippen molar-refractivity contribution in [3.05, 3.63) is 30.3 Å². The Labute approximate surface area is 140 Å². The second-order valence-electron chi connectivity index (χ2n) is 4.53. The van der Waals surface area contributed by atoms with Gasteiger partial charge >= 0.3 is 0 Å². The van der Waals surface area contributed by atoms with E-state index in [1.807, 2.05) is 0 Å². The summed E-state index contributed by atoms with van der Waals surface area (Å²) < 4.78 is 48.1. The lowest BCUT2D eigenvalue weighted by molar-refractivity contribution is 0.366. The van der Waals surface area contributed by atoms with Gasteiger partial charge in [0.2, 0.25) is 11.8 Å². The molecule has 1 aromatic carbocycles. The van der Waals surface area contributed by atoms with Gasteiger partial charge in [-0.05, 0) is 18.2 Å². The number of nitrogens with one attached hydrogen (secondary N) is 1. The molecule has 0 saturated heterocycles. The lowest BCUT2D eigenvalue weighted by atomic mass is 10.3. The number of rotatable bonds is 7. The van der Waals surface area contributed by atoms with Crippen LogP contribution < -0.4 is 23.7 Å². The predicted molar refractivity (Wildman–Crippen MR) is 87.7 cm³/mol. The van der Waals surface area contributed by atoms with Crippen LogP contribution in [0.25, 0.3) is 0 Å². The number of hydrogen-bond acceptors (Lipinski definition) is 7. The predicted octanol–water partition coefficient (Wildman–Crippen LogP) is 1.92. The Morgan fingerprint density at radius 3 is 2.25 bits per heavy atom. The molecular weight excluding hydrogens is 336 g/mol. The van der Waals surface area contributed by atoms with Crippen LogP contribution in [0.4, 0.5) is 5.69 Å². The molecule has 0 atom stereocenters. The van der Waals surface area contributed by atoms with E-state index >= 15 is 0 Å². The summed E-state index contributed by atoms with van der Waals surface area (Å²) in [4.78, 5) is 3.97. The van der Waals surface area contributed by atoms with Crippen LogP contribution in [-0.2, 0) is 10.0 Å². The standard InChI is InChI=1S/C15H18N2O6S/c1-20-10-5-7-12(21-2)13(9-10)24(18,19)17-11-6-8-14(22-3)16-15(11)23-4/h5-9,17H,1-4H3. The van der Waals surface area contributed by atoms with Crippen molar-refractivity contribution in [1.29, 1.82) is 0 Å². The molecule has 0 bridgehead atoms. The second kappa shape index (κ2) is 7.26. The van der Waals surface area contributed by atoms with Gasteiger partial charge in [0.05, 0.1) is 28.4 Å². The smallest absolute Gasteiger partial charge is 0.265 e. The zero-order chi connectivity index (χ0) is 17.7. The Balaban J connectivity index is 2.46. The fourth-order valence-electron chi connectivity index (χ4n) is 1.96. The second-order valence-corrected chi connectivity index (χ2v) is 6.18. The van der Waals surface area contributed by atoms with Crippen LogP contribution in [0.3, 0.4) is 0 Å². The third kappa shape index (κ3) is 3.62. The first-order valence-corrected chi connectivity index (χ1v) is 8.27. The molecule has 0 saturated carbocycles. The molecule has 0 unspecified atom stereocenters. The molecule has 1 heterocycles. The molecule has 1 aromatic heterocycles. The summed E-state index contributed by atoms with van der Waals surface area (Å²) in [5.74, 6) is 0.952. The highest BCUT2D eigenvalue weighted by Gasteiger charge is 2.22. The van der Waals surface area contributed by atoms with Gasteiger partial charge in [0, 0.05) is 12.1 Å². The summed E-state index contributed by atoms with van der Waals surface area (Å²) in [6, 6.07) is 7.49. The largest absolute Gasteiger partial charge is 0.497 e. The number of anilines is 1. The highest BCUT2D eigenvalue weighted by Crippen LogP contribution is 2.32. The summed E-state index contributed by atoms with van der Waals surface area (Å²) in [5.41, 5.74) is 0.170. The first kappa shape index (κ1) is 17.7. The number of nitrogens with zero attached hydrogens (tertiary/aromatic N) is 1. The number of ether oxygens (including phenoxy) is 4. The summed E-state index contributed by atoms with van der Waals surface area (Å²) in [5, 5.41) is 0. The van der Waals surface area contributed by atoms with E-state index in [-0.39, 0.29) is 22.2 Å². The van der Waals surface area contributed by atoms with Crippen molar-refractivity contribution >= 4 is 15.7 Å². The molecule has 24 heavy (non-hydrogen) atoms. The van der Waals surface area contributed by atoms with E-state index < -0.39 is 10.0 Å². The van der Waals surface area contributed by atoms with Gasteiger partial charge in [0.15, 0.2) is 0 Å². The van der Waals surface area contributed by atoms with E-state index in [2.05, 4.69) is 9.71 Å². The van der Waals surface area contributed by atoms with Gasteiger partial charge in [-0.2, -0.15) is 4.98 Å². The molecule has 2 rings (SSSR count). The minimum atomic E-state index is -3.96. The number of hydrogen-bond donors (Lipinski definition) is 1. The molecule has 2 aromatic rings. The van der Waals surface area contributed by atoms with E-state index in [9.17, 15) is 8.42 Å². The maximum atomic E-state index is 12.7. The molecule has 130 valence electrons. The molecule has 0 spiro atoms. The van der Waals surface area contributed by atoms with Crippen molar-refractivity contribution in [3.8, 4) is 23.3 Å². The Morgan fingerprint density at radius 1 is 0.917 bits per heavy atom. The summed E-state index contributed by atoms with van der Waals surface area (Å²) in [6.45, 7) is 0. The van der Waals surface area contributed by atoms with Crippen molar-refractivity contribution in [1.82, 2.24) is 4.98 Å². The van der Waals surface area contributed by atoms with Crippen LogP contribution in [0.1, 0.15) is 0 Å². The monoisotopic (exact) mass is 354 g/mol. The van der Waals surface area contributed by atoms with Crippen molar-refractivity contribution in [2.45, 2.75) is 4.90 Å². The number of methoxy groups -OCH3 is 4. The molecular formula is C15H18N2O6S. The molecule has 9 heteroatoms. The molecule has 0 aliphatic rings. The SMILES string of the molecule is COc1ccc(OC)c(S(=O)(=O)Nc2ccc(OC)nc2OC)c1. The number of aromatic nitrogens is 1. The van der Waals surface area contributed by atoms with Gasteiger partial charge in [0.1, 0.15) is 22.1 Å². The van der Waals surface area contributed by atoms with Crippen LogP contribution in [0, 0.1) is 0 Å². The maximum Gasteiger partial charge on any atom is 0.265 e. The van der Waals surface area contributed by atoms with Crippen molar-refractivity contribution in [2.75, 3.05) is 33.2 Å². The van der Waals surface area contributed by atoms with E-state index in [1.165, 1.54) is 52.7 Å². The van der Waals surface area contributed by atoms with Crippen LogP contribution in [-0.4, -0.2) is 41.8 Å². The Kier molecular flexibility index (Phi) is 5.35. The van der Waals surface area contributed by atoms with E-state index in [4.69, 9.17) is 18.9 Å². The van der Waals surface area contributed by atoms with Crippen molar-refractivity contribution < 1.29 is 27.4 Å².